The quantitative estimate of drug-likeness (QED) is 0.688. The Kier molecular flexibility index (Phi) is 5.30. The summed E-state index contributed by atoms with van der Waals surface area (Å²) in [6.45, 7) is 2.52. The van der Waals surface area contributed by atoms with Crippen LogP contribution in [0, 0.1) is 23.2 Å². The summed E-state index contributed by atoms with van der Waals surface area (Å²) in [5.74, 6) is 2.31. The maximum Gasteiger partial charge on any atom is 0.246 e. The fourth-order valence-corrected chi connectivity index (χ4v) is 10.2. The number of hydrogen-bond acceptors (Lipinski definition) is 6. The number of nitrogens with one attached hydrogen (secondary N) is 1. The molecular weight excluding hydrogens is 456 g/mol. The van der Waals surface area contributed by atoms with Crippen molar-refractivity contribution < 1.29 is 13.2 Å². The number of carbonyl (C=O) groups excluding carboxylic acids is 1. The van der Waals surface area contributed by atoms with Crippen LogP contribution in [0.2, 0.25) is 0 Å². The van der Waals surface area contributed by atoms with E-state index in [9.17, 15) is 13.2 Å². The molecule has 4 aliphatic carbocycles. The number of carbonyl (C=O) groups is 1. The Hall–Kier alpha value is -1.58. The van der Waals surface area contributed by atoms with Gasteiger partial charge >= 0.3 is 0 Å². The van der Waals surface area contributed by atoms with E-state index in [1.54, 1.807) is 18.2 Å². The number of piperidine rings is 1. The van der Waals surface area contributed by atoms with Crippen LogP contribution in [-0.4, -0.2) is 46.0 Å². The van der Waals surface area contributed by atoms with E-state index in [4.69, 9.17) is 0 Å². The highest BCUT2D eigenvalue weighted by molar-refractivity contribution is 7.89. The molecule has 1 saturated heterocycles. The van der Waals surface area contributed by atoms with Crippen molar-refractivity contribution in [2.75, 3.05) is 6.54 Å². The van der Waals surface area contributed by atoms with Crippen LogP contribution in [0.25, 0.3) is 11.0 Å². The molecule has 33 heavy (non-hydrogen) atoms. The Labute approximate surface area is 199 Å². The van der Waals surface area contributed by atoms with E-state index in [1.165, 1.54) is 42.8 Å². The molecule has 178 valence electrons. The second kappa shape index (κ2) is 7.99. The third-order valence-corrected chi connectivity index (χ3v) is 11.4. The summed E-state index contributed by atoms with van der Waals surface area (Å²) >= 11 is 1.01. The molecule has 9 heteroatoms. The Balaban J connectivity index is 1.25. The van der Waals surface area contributed by atoms with Crippen LogP contribution in [0.4, 0.5) is 0 Å². The summed E-state index contributed by atoms with van der Waals surface area (Å²) in [5.41, 5.74) is 1.17. The average Bonchev–Trinajstić information content (AvgIpc) is 3.27. The predicted molar refractivity (Wildman–Crippen MR) is 127 cm³/mol. The molecule has 1 aliphatic heterocycles. The van der Waals surface area contributed by atoms with E-state index >= 15 is 0 Å². The maximum atomic E-state index is 13.7. The lowest BCUT2D eigenvalue weighted by atomic mass is 9.48. The number of nitrogens with zero attached hydrogens (tertiary/aromatic N) is 3. The molecule has 2 atom stereocenters. The number of hydrogen-bond donors (Lipinski definition) is 1. The van der Waals surface area contributed by atoms with E-state index in [0.717, 1.165) is 42.3 Å². The van der Waals surface area contributed by atoms with Crippen LogP contribution < -0.4 is 5.32 Å². The van der Waals surface area contributed by atoms with E-state index in [2.05, 4.69) is 21.0 Å². The first-order valence-electron chi connectivity index (χ1n) is 12.4. The zero-order valence-corrected chi connectivity index (χ0v) is 20.7. The second-order valence-corrected chi connectivity index (χ2v) is 13.4. The first kappa shape index (κ1) is 21.9. The van der Waals surface area contributed by atoms with Gasteiger partial charge in [0.1, 0.15) is 22.0 Å². The van der Waals surface area contributed by atoms with Crippen molar-refractivity contribution in [3.05, 3.63) is 18.2 Å². The average molecular weight is 489 g/mol. The zero-order valence-electron chi connectivity index (χ0n) is 19.1. The smallest absolute Gasteiger partial charge is 0.246 e. The molecule has 1 aromatic heterocycles. The molecule has 0 radical (unpaired) electrons. The Morgan fingerprint density at radius 3 is 2.52 bits per heavy atom. The van der Waals surface area contributed by atoms with Crippen LogP contribution in [0.3, 0.4) is 0 Å². The summed E-state index contributed by atoms with van der Waals surface area (Å²) in [5, 5.41) is 3.32. The fraction of sp³-hybridized carbons (Fsp3) is 0.708. The van der Waals surface area contributed by atoms with Gasteiger partial charge in [0.2, 0.25) is 15.9 Å². The van der Waals surface area contributed by atoms with Gasteiger partial charge in [0.15, 0.2) is 0 Å². The Morgan fingerprint density at radius 2 is 1.82 bits per heavy atom. The number of amides is 1. The summed E-state index contributed by atoms with van der Waals surface area (Å²) in [6.07, 6.45) is 9.92. The van der Waals surface area contributed by atoms with Crippen LogP contribution in [0.15, 0.2) is 23.1 Å². The molecule has 2 heterocycles. The Bertz CT molecular complexity index is 1140. The van der Waals surface area contributed by atoms with E-state index in [1.807, 2.05) is 0 Å². The van der Waals surface area contributed by atoms with E-state index in [-0.39, 0.29) is 22.3 Å². The Morgan fingerprint density at radius 1 is 1.12 bits per heavy atom. The van der Waals surface area contributed by atoms with Crippen molar-refractivity contribution in [2.45, 2.75) is 81.7 Å². The minimum absolute atomic E-state index is 0.0797. The summed E-state index contributed by atoms with van der Waals surface area (Å²) in [4.78, 5) is 13.7. The second-order valence-electron chi connectivity index (χ2n) is 11.0. The van der Waals surface area contributed by atoms with Crippen LogP contribution in [0.5, 0.6) is 0 Å². The lowest BCUT2D eigenvalue weighted by Crippen LogP contribution is -2.59. The van der Waals surface area contributed by atoms with Gasteiger partial charge in [0, 0.05) is 12.6 Å². The molecule has 7 rings (SSSR count). The highest BCUT2D eigenvalue weighted by Crippen LogP contribution is 2.61. The topological polar surface area (TPSA) is 92.3 Å². The first-order chi connectivity index (χ1) is 15.9. The molecule has 1 aromatic carbocycles. The van der Waals surface area contributed by atoms with Gasteiger partial charge in [-0.3, -0.25) is 4.79 Å². The van der Waals surface area contributed by atoms with Gasteiger partial charge < -0.3 is 5.32 Å². The minimum Gasteiger partial charge on any atom is -0.352 e. The molecule has 4 bridgehead atoms. The highest BCUT2D eigenvalue weighted by Gasteiger charge is 2.53. The maximum absolute atomic E-state index is 13.7. The lowest BCUT2D eigenvalue weighted by molar-refractivity contribution is -0.130. The molecule has 1 amide bonds. The number of benzene rings is 1. The van der Waals surface area contributed by atoms with Gasteiger partial charge in [-0.15, -0.1) is 0 Å². The van der Waals surface area contributed by atoms with E-state index in [0.29, 0.717) is 24.0 Å². The van der Waals surface area contributed by atoms with Gasteiger partial charge in [0.25, 0.3) is 0 Å². The standard InChI is InChI=1S/C24H32N4O3S2/c1-15(24-12-16-9-17(13-24)11-18(10-16)14-24)25-23(29)20-6-2-3-8-28(20)33(30,31)21-7-4-5-19-22(21)27-32-26-19/h4-5,7,15-18,20H,2-3,6,8-14H2,1H3,(H,25,29)/t15-,16?,17?,18?,20-,24?/m0/s1. The molecule has 5 fully saturated rings. The van der Waals surface area contributed by atoms with Crippen LogP contribution in [0.1, 0.15) is 64.7 Å². The molecule has 5 aliphatic rings. The normalized spacial score (nSPS) is 35.1. The van der Waals surface area contributed by atoms with Crippen LogP contribution >= 0.6 is 11.7 Å². The molecule has 0 spiro atoms. The minimum atomic E-state index is -3.86. The van der Waals surface area contributed by atoms with Gasteiger partial charge in [-0.25, -0.2) is 8.42 Å². The van der Waals surface area contributed by atoms with Crippen molar-refractivity contribution >= 4 is 38.7 Å². The van der Waals surface area contributed by atoms with Crippen molar-refractivity contribution in [1.82, 2.24) is 18.4 Å². The molecule has 7 nitrogen and oxygen atoms in total. The monoisotopic (exact) mass is 488 g/mol. The third-order valence-electron chi connectivity index (χ3n) is 8.95. The highest BCUT2D eigenvalue weighted by atomic mass is 32.2. The van der Waals surface area contributed by atoms with Gasteiger partial charge in [-0.2, -0.15) is 13.1 Å². The number of fused-ring (bicyclic) bond motifs is 1. The molecule has 0 unspecified atom stereocenters. The van der Waals surface area contributed by atoms with Crippen LogP contribution in [-0.2, 0) is 14.8 Å². The summed E-state index contributed by atoms with van der Waals surface area (Å²) < 4.78 is 37.2. The van der Waals surface area contributed by atoms with Crippen molar-refractivity contribution in [2.24, 2.45) is 23.2 Å². The van der Waals surface area contributed by atoms with E-state index < -0.39 is 16.1 Å². The lowest BCUT2D eigenvalue weighted by Gasteiger charge is -2.59. The summed E-state index contributed by atoms with van der Waals surface area (Å²) in [7, 11) is -3.86. The molecule has 4 saturated carbocycles. The van der Waals surface area contributed by atoms with Gasteiger partial charge in [-0.1, -0.05) is 12.5 Å². The molecular formula is C24H32N4O3S2. The first-order valence-corrected chi connectivity index (χ1v) is 14.6. The molecule has 2 aromatic rings. The zero-order chi connectivity index (χ0) is 22.8. The van der Waals surface area contributed by atoms with Crippen molar-refractivity contribution in [3.63, 3.8) is 0 Å². The van der Waals surface area contributed by atoms with Gasteiger partial charge in [-0.05, 0) is 93.6 Å². The number of aromatic nitrogens is 2. The fourth-order valence-electron chi connectivity index (χ4n) is 7.74. The van der Waals surface area contributed by atoms with Gasteiger partial charge in [0.05, 0.1) is 11.7 Å². The largest absolute Gasteiger partial charge is 0.352 e. The number of sulfonamides is 1. The SMILES string of the molecule is C[C@H](NC(=O)[C@@H]1CCCCN1S(=O)(=O)c1cccc2nsnc12)C12CC3CC(CC(C3)C1)C2. The number of rotatable bonds is 5. The summed E-state index contributed by atoms with van der Waals surface area (Å²) in [6, 6.07) is 4.47. The van der Waals surface area contributed by atoms with Crippen molar-refractivity contribution in [3.8, 4) is 0 Å². The molecule has 1 N–H and O–H groups in total. The predicted octanol–water partition coefficient (Wildman–Crippen LogP) is 3.96. The third kappa shape index (κ3) is 3.62. The van der Waals surface area contributed by atoms with Crippen molar-refractivity contribution in [1.29, 1.82) is 0 Å².